The fourth-order valence-corrected chi connectivity index (χ4v) is 4.02. The highest BCUT2D eigenvalue weighted by Crippen LogP contribution is 2.44. The number of hydrogen-bond acceptors (Lipinski definition) is 4. The van der Waals surface area contributed by atoms with E-state index in [1.807, 2.05) is 58.2 Å². The summed E-state index contributed by atoms with van der Waals surface area (Å²) in [7, 11) is 0. The van der Waals surface area contributed by atoms with Crippen molar-refractivity contribution in [3.8, 4) is 11.5 Å². The van der Waals surface area contributed by atoms with Gasteiger partial charge in [0.15, 0.2) is 0 Å². The molecule has 3 nitrogen and oxygen atoms in total. The fraction of sp³-hybridized carbons (Fsp3) is 0.250. The van der Waals surface area contributed by atoms with Crippen LogP contribution in [-0.2, 0) is 0 Å². The van der Waals surface area contributed by atoms with Crippen molar-refractivity contribution in [2.75, 3.05) is 0 Å². The number of aromatic hydroxyl groups is 2. The van der Waals surface area contributed by atoms with Gasteiger partial charge < -0.3 is 10.2 Å². The lowest BCUT2D eigenvalue weighted by atomic mass is 9.85. The van der Waals surface area contributed by atoms with Crippen molar-refractivity contribution in [1.82, 2.24) is 4.98 Å². The van der Waals surface area contributed by atoms with Crippen LogP contribution >= 0.6 is 11.3 Å². The van der Waals surface area contributed by atoms with Crippen LogP contribution in [0.25, 0.3) is 0 Å². The second kappa shape index (κ2) is 6.29. The molecule has 1 heterocycles. The monoisotopic (exact) mass is 339 g/mol. The number of aromatic nitrogens is 1. The maximum absolute atomic E-state index is 10.7. The van der Waals surface area contributed by atoms with Crippen LogP contribution in [0.1, 0.15) is 44.2 Å². The third kappa shape index (κ3) is 2.89. The Labute approximate surface area is 146 Å². The first-order valence-corrected chi connectivity index (χ1v) is 8.75. The molecule has 0 fully saturated rings. The van der Waals surface area contributed by atoms with E-state index in [-0.39, 0.29) is 17.4 Å². The minimum Gasteiger partial charge on any atom is -0.507 e. The predicted molar refractivity (Wildman–Crippen MR) is 98.2 cm³/mol. The Morgan fingerprint density at radius 1 is 0.833 bits per heavy atom. The summed E-state index contributed by atoms with van der Waals surface area (Å²) in [6.45, 7) is 7.83. The molecular formula is C20H21NO2S. The Hall–Kier alpha value is -2.33. The van der Waals surface area contributed by atoms with Crippen LogP contribution in [0.3, 0.4) is 0 Å². The second-order valence-electron chi connectivity index (χ2n) is 6.38. The van der Waals surface area contributed by atoms with Crippen molar-refractivity contribution in [3.63, 3.8) is 0 Å². The summed E-state index contributed by atoms with van der Waals surface area (Å²) in [5.41, 5.74) is 7.22. The van der Waals surface area contributed by atoms with E-state index >= 15 is 0 Å². The number of hydrogen-bond donors (Lipinski definition) is 2. The van der Waals surface area contributed by atoms with Crippen molar-refractivity contribution in [3.05, 3.63) is 74.2 Å². The van der Waals surface area contributed by atoms with Crippen LogP contribution in [0.2, 0.25) is 0 Å². The molecule has 3 aromatic rings. The van der Waals surface area contributed by atoms with Gasteiger partial charge in [0, 0.05) is 22.2 Å². The maximum Gasteiger partial charge on any atom is 0.122 e. The molecule has 0 atom stereocenters. The lowest BCUT2D eigenvalue weighted by Gasteiger charge is -2.22. The molecule has 0 aliphatic heterocycles. The van der Waals surface area contributed by atoms with E-state index in [9.17, 15) is 10.2 Å². The second-order valence-corrected chi connectivity index (χ2v) is 7.29. The van der Waals surface area contributed by atoms with Gasteiger partial charge in [0.2, 0.25) is 0 Å². The van der Waals surface area contributed by atoms with Gasteiger partial charge in [0.05, 0.1) is 11.4 Å². The molecule has 0 amide bonds. The van der Waals surface area contributed by atoms with E-state index in [4.69, 9.17) is 0 Å². The Kier molecular flexibility index (Phi) is 4.33. The molecule has 0 saturated carbocycles. The van der Waals surface area contributed by atoms with Crippen LogP contribution in [0.15, 0.2) is 36.0 Å². The van der Waals surface area contributed by atoms with Crippen molar-refractivity contribution in [2.24, 2.45) is 0 Å². The minimum absolute atomic E-state index is 0.241. The van der Waals surface area contributed by atoms with Crippen molar-refractivity contribution in [1.29, 1.82) is 0 Å². The van der Waals surface area contributed by atoms with E-state index in [0.717, 1.165) is 38.3 Å². The molecule has 1 aromatic heterocycles. The number of nitrogens with zero attached hydrogens (tertiary/aromatic N) is 1. The molecular weight excluding hydrogens is 318 g/mol. The fourth-order valence-electron chi connectivity index (χ4n) is 3.27. The van der Waals surface area contributed by atoms with Crippen molar-refractivity contribution < 1.29 is 10.2 Å². The Balaban J connectivity index is 2.32. The van der Waals surface area contributed by atoms with Crippen LogP contribution < -0.4 is 0 Å². The van der Waals surface area contributed by atoms with Crippen molar-refractivity contribution in [2.45, 2.75) is 33.6 Å². The molecule has 3 rings (SSSR count). The summed E-state index contributed by atoms with van der Waals surface area (Å²) in [6, 6.07) is 7.90. The van der Waals surface area contributed by atoms with E-state index in [2.05, 4.69) is 4.98 Å². The van der Waals surface area contributed by atoms with Gasteiger partial charge in [-0.15, -0.1) is 11.3 Å². The number of phenolic OH excluding ortho intramolecular Hbond substituents is 2. The third-order valence-electron chi connectivity index (χ3n) is 4.31. The summed E-state index contributed by atoms with van der Waals surface area (Å²) in [6.07, 6.45) is 1.81. The molecule has 2 aromatic carbocycles. The molecule has 124 valence electrons. The quantitative estimate of drug-likeness (QED) is 0.708. The summed E-state index contributed by atoms with van der Waals surface area (Å²) in [5.74, 6) is 0.310. The van der Waals surface area contributed by atoms with Gasteiger partial charge in [-0.05, 0) is 38.8 Å². The largest absolute Gasteiger partial charge is 0.507 e. The Morgan fingerprint density at radius 2 is 1.33 bits per heavy atom. The number of phenols is 2. The molecule has 0 radical (unpaired) electrons. The van der Waals surface area contributed by atoms with Crippen molar-refractivity contribution >= 4 is 11.3 Å². The van der Waals surface area contributed by atoms with Gasteiger partial charge in [-0.3, -0.25) is 4.98 Å². The van der Waals surface area contributed by atoms with Gasteiger partial charge in [0.25, 0.3) is 0 Å². The maximum atomic E-state index is 10.7. The average Bonchev–Trinajstić information content (AvgIpc) is 3.03. The summed E-state index contributed by atoms with van der Waals surface area (Å²) >= 11 is 1.53. The van der Waals surface area contributed by atoms with E-state index in [0.29, 0.717) is 0 Å². The molecule has 0 unspecified atom stereocenters. The lowest BCUT2D eigenvalue weighted by Crippen LogP contribution is -2.05. The Bertz CT molecular complexity index is 828. The first kappa shape index (κ1) is 16.5. The first-order chi connectivity index (χ1) is 11.4. The highest BCUT2D eigenvalue weighted by molar-refractivity contribution is 7.09. The smallest absolute Gasteiger partial charge is 0.122 e. The van der Waals surface area contributed by atoms with Gasteiger partial charge >= 0.3 is 0 Å². The van der Waals surface area contributed by atoms with E-state index in [1.165, 1.54) is 11.3 Å². The van der Waals surface area contributed by atoms with Crippen LogP contribution in [-0.4, -0.2) is 15.2 Å². The number of benzene rings is 2. The lowest BCUT2D eigenvalue weighted by molar-refractivity contribution is 0.454. The molecule has 0 spiro atoms. The SMILES string of the molecule is Cc1cc(C)c(O)c(C(c2cncs2)c2cc(C)cc(C)c2O)c1. The zero-order valence-corrected chi connectivity index (χ0v) is 15.1. The molecule has 0 bridgehead atoms. The summed E-state index contributed by atoms with van der Waals surface area (Å²) in [5, 5.41) is 21.4. The first-order valence-electron chi connectivity index (χ1n) is 7.87. The molecule has 0 saturated heterocycles. The van der Waals surface area contributed by atoms with Gasteiger partial charge in [0.1, 0.15) is 11.5 Å². The van der Waals surface area contributed by atoms with Gasteiger partial charge in [-0.1, -0.05) is 35.4 Å². The minimum atomic E-state index is -0.241. The summed E-state index contributed by atoms with van der Waals surface area (Å²) in [4.78, 5) is 5.19. The average molecular weight is 339 g/mol. The third-order valence-corrected chi connectivity index (χ3v) is 5.15. The number of aryl methyl sites for hydroxylation is 4. The van der Waals surface area contributed by atoms with Crippen LogP contribution in [0.4, 0.5) is 0 Å². The van der Waals surface area contributed by atoms with E-state index in [1.54, 1.807) is 5.51 Å². The normalized spacial score (nSPS) is 11.2. The predicted octanol–water partition coefficient (Wildman–Crippen LogP) is 4.97. The molecule has 24 heavy (non-hydrogen) atoms. The van der Waals surface area contributed by atoms with Crippen LogP contribution in [0.5, 0.6) is 11.5 Å². The number of thiazole rings is 1. The molecule has 0 aliphatic carbocycles. The Morgan fingerprint density at radius 3 is 1.75 bits per heavy atom. The van der Waals surface area contributed by atoms with Gasteiger partial charge in [-0.25, -0.2) is 0 Å². The molecule has 4 heteroatoms. The summed E-state index contributed by atoms with van der Waals surface area (Å²) < 4.78 is 0. The standard InChI is InChI=1S/C20H21NO2S/c1-11-5-13(3)19(22)15(7-11)18(17-9-21-10-24-17)16-8-12(2)6-14(4)20(16)23/h5-10,18,22-23H,1-4H3. The zero-order chi connectivity index (χ0) is 17.4. The van der Waals surface area contributed by atoms with Crippen LogP contribution in [0, 0.1) is 27.7 Å². The van der Waals surface area contributed by atoms with Gasteiger partial charge in [-0.2, -0.15) is 0 Å². The molecule has 2 N–H and O–H groups in total. The highest BCUT2D eigenvalue weighted by atomic mass is 32.1. The topological polar surface area (TPSA) is 53.4 Å². The molecule has 0 aliphatic rings. The number of rotatable bonds is 3. The highest BCUT2D eigenvalue weighted by Gasteiger charge is 2.26. The van der Waals surface area contributed by atoms with E-state index < -0.39 is 0 Å². The zero-order valence-electron chi connectivity index (χ0n) is 14.3.